The Morgan fingerprint density at radius 2 is 2.05 bits per heavy atom. The number of alkyl halides is 1. The molecule has 1 aliphatic rings. The number of hydrogen-bond donors (Lipinski definition) is 1. The molecule has 5 nitrogen and oxygen atoms in total. The number of halogens is 1. The summed E-state index contributed by atoms with van der Waals surface area (Å²) in [5.41, 5.74) is 0.262. The zero-order valence-electron chi connectivity index (χ0n) is 12.0. The molecule has 0 aliphatic heterocycles. The van der Waals surface area contributed by atoms with Crippen molar-refractivity contribution < 1.29 is 9.72 Å². The third-order valence-corrected chi connectivity index (χ3v) is 5.18. The topological polar surface area (TPSA) is 72.2 Å². The molecule has 0 saturated heterocycles. The maximum absolute atomic E-state index is 12.5. The van der Waals surface area contributed by atoms with Gasteiger partial charge in [-0.2, -0.15) is 0 Å². The van der Waals surface area contributed by atoms with E-state index in [1.807, 2.05) is 0 Å². The molecule has 6 heteroatoms. The summed E-state index contributed by atoms with van der Waals surface area (Å²) in [4.78, 5) is 23.2. The number of carbonyl (C=O) groups excluding carboxylic acids is 1. The van der Waals surface area contributed by atoms with E-state index in [1.54, 1.807) is 19.1 Å². The molecule has 1 aliphatic carbocycles. The number of nitro groups is 1. The third kappa shape index (κ3) is 3.43. The second-order valence-electron chi connectivity index (χ2n) is 5.66. The van der Waals surface area contributed by atoms with Gasteiger partial charge in [-0.25, -0.2) is 0 Å². The monoisotopic (exact) mass is 354 g/mol. The Hall–Kier alpha value is -1.43. The molecule has 1 saturated carbocycles. The first-order valence-electron chi connectivity index (χ1n) is 7.11. The second-order valence-corrected chi connectivity index (χ2v) is 6.22. The summed E-state index contributed by atoms with van der Waals surface area (Å²) in [5.74, 6) is -0.355. The Morgan fingerprint density at radius 1 is 1.38 bits per heavy atom. The summed E-state index contributed by atoms with van der Waals surface area (Å²) in [6.07, 6.45) is 5.13. The number of carbonyl (C=O) groups is 1. The molecular weight excluding hydrogens is 336 g/mol. The molecule has 1 aromatic rings. The van der Waals surface area contributed by atoms with Gasteiger partial charge in [0.1, 0.15) is 5.56 Å². The third-order valence-electron chi connectivity index (χ3n) is 4.11. The van der Waals surface area contributed by atoms with Crippen molar-refractivity contribution >= 4 is 27.5 Å². The van der Waals surface area contributed by atoms with E-state index in [0.29, 0.717) is 10.9 Å². The number of nitrogens with zero attached hydrogens (tertiary/aromatic N) is 1. The zero-order chi connectivity index (χ0) is 15.5. The van der Waals surface area contributed by atoms with Gasteiger partial charge < -0.3 is 5.32 Å². The van der Waals surface area contributed by atoms with Crippen molar-refractivity contribution in [1.29, 1.82) is 0 Å². The van der Waals surface area contributed by atoms with Crippen LogP contribution in [0, 0.1) is 17.0 Å². The zero-order valence-corrected chi connectivity index (χ0v) is 13.6. The van der Waals surface area contributed by atoms with Crippen LogP contribution in [-0.2, 0) is 0 Å². The fourth-order valence-corrected chi connectivity index (χ4v) is 3.61. The average Bonchev–Trinajstić information content (AvgIpc) is 2.47. The van der Waals surface area contributed by atoms with Gasteiger partial charge in [0, 0.05) is 10.9 Å². The lowest BCUT2D eigenvalue weighted by atomic mass is 9.83. The van der Waals surface area contributed by atoms with Crippen molar-refractivity contribution in [1.82, 2.24) is 5.32 Å². The average molecular weight is 355 g/mol. The number of hydrogen-bond acceptors (Lipinski definition) is 3. The van der Waals surface area contributed by atoms with Gasteiger partial charge in [0.05, 0.1) is 10.5 Å². The highest BCUT2D eigenvalue weighted by Crippen LogP contribution is 2.31. The Kier molecular flexibility index (Phi) is 4.98. The van der Waals surface area contributed by atoms with Crippen LogP contribution in [0.1, 0.15) is 48.0 Å². The van der Waals surface area contributed by atoms with E-state index < -0.39 is 4.92 Å². The molecular formula is C15H19BrN2O3. The summed E-state index contributed by atoms with van der Waals surface area (Å²) in [6, 6.07) is 4.85. The first-order chi connectivity index (χ1) is 9.99. The minimum Gasteiger partial charge on any atom is -0.346 e. The smallest absolute Gasteiger partial charge is 0.285 e. The van der Waals surface area contributed by atoms with Crippen LogP contribution in [0.25, 0.3) is 0 Å². The molecule has 21 heavy (non-hydrogen) atoms. The van der Waals surface area contributed by atoms with Crippen LogP contribution < -0.4 is 5.32 Å². The van der Waals surface area contributed by atoms with Gasteiger partial charge in [0.2, 0.25) is 0 Å². The largest absolute Gasteiger partial charge is 0.346 e. The number of nitro benzene ring substituents is 1. The molecule has 2 rings (SSSR count). The van der Waals surface area contributed by atoms with E-state index in [0.717, 1.165) is 25.7 Å². The van der Waals surface area contributed by atoms with Crippen molar-refractivity contribution in [3.05, 3.63) is 39.4 Å². The van der Waals surface area contributed by atoms with Gasteiger partial charge in [-0.1, -0.05) is 47.3 Å². The molecule has 0 spiro atoms. The number of benzene rings is 1. The molecule has 0 aromatic heterocycles. The molecule has 0 unspecified atom stereocenters. The quantitative estimate of drug-likeness (QED) is 0.508. The lowest BCUT2D eigenvalue weighted by Gasteiger charge is -2.36. The van der Waals surface area contributed by atoms with E-state index in [1.165, 1.54) is 12.5 Å². The Balaban J connectivity index is 2.28. The highest BCUT2D eigenvalue weighted by atomic mass is 79.9. The predicted molar refractivity (Wildman–Crippen MR) is 84.9 cm³/mol. The highest BCUT2D eigenvalue weighted by Gasteiger charge is 2.34. The standard InChI is InChI=1S/C15H19BrN2O3/c1-11-6-5-7-12(13(11)18(20)21)14(19)17-15(10-16)8-3-2-4-9-15/h5-7H,2-4,8-10H2,1H3,(H,17,19). The first kappa shape index (κ1) is 15.9. The molecule has 0 bridgehead atoms. The normalized spacial score (nSPS) is 17.2. The van der Waals surface area contributed by atoms with E-state index in [4.69, 9.17) is 0 Å². The van der Waals surface area contributed by atoms with Crippen molar-refractivity contribution in [3.8, 4) is 0 Å². The fourth-order valence-electron chi connectivity index (χ4n) is 2.91. The first-order valence-corrected chi connectivity index (χ1v) is 8.24. The van der Waals surface area contributed by atoms with Crippen molar-refractivity contribution in [2.24, 2.45) is 0 Å². The number of nitrogens with one attached hydrogen (secondary N) is 1. The number of para-hydroxylation sites is 1. The van der Waals surface area contributed by atoms with Crippen molar-refractivity contribution in [2.75, 3.05) is 5.33 Å². The maximum atomic E-state index is 12.5. The Morgan fingerprint density at radius 3 is 2.62 bits per heavy atom. The van der Waals surface area contributed by atoms with Crippen molar-refractivity contribution in [3.63, 3.8) is 0 Å². The van der Waals surface area contributed by atoms with Crippen molar-refractivity contribution in [2.45, 2.75) is 44.6 Å². The second kappa shape index (κ2) is 6.56. The molecule has 114 valence electrons. The number of rotatable bonds is 4. The molecule has 0 atom stereocenters. The molecule has 1 aromatic carbocycles. The molecule has 1 amide bonds. The predicted octanol–water partition coefficient (Wildman–Crippen LogP) is 3.73. The van der Waals surface area contributed by atoms with Crippen LogP contribution >= 0.6 is 15.9 Å². The molecule has 0 heterocycles. The van der Waals surface area contributed by atoms with Crippen LogP contribution in [0.2, 0.25) is 0 Å². The minimum absolute atomic E-state index is 0.101. The lowest BCUT2D eigenvalue weighted by molar-refractivity contribution is -0.385. The summed E-state index contributed by atoms with van der Waals surface area (Å²) >= 11 is 3.48. The van der Waals surface area contributed by atoms with E-state index in [9.17, 15) is 14.9 Å². The lowest BCUT2D eigenvalue weighted by Crippen LogP contribution is -2.51. The van der Waals surface area contributed by atoms with E-state index >= 15 is 0 Å². The summed E-state index contributed by atoms with van der Waals surface area (Å²) in [7, 11) is 0. The maximum Gasteiger partial charge on any atom is 0.285 e. The number of aryl methyl sites for hydroxylation is 1. The van der Waals surface area contributed by atoms with Crippen LogP contribution in [-0.4, -0.2) is 21.7 Å². The van der Waals surface area contributed by atoms with Gasteiger partial charge in [-0.05, 0) is 25.8 Å². The SMILES string of the molecule is Cc1cccc(C(=O)NC2(CBr)CCCCC2)c1[N+](=O)[O-]. The van der Waals surface area contributed by atoms with E-state index in [2.05, 4.69) is 21.2 Å². The van der Waals surface area contributed by atoms with Gasteiger partial charge in [-0.15, -0.1) is 0 Å². The number of amides is 1. The van der Waals surface area contributed by atoms with Crippen LogP contribution in [0.5, 0.6) is 0 Å². The van der Waals surface area contributed by atoms with E-state index in [-0.39, 0.29) is 22.7 Å². The Labute approximate surface area is 132 Å². The van der Waals surface area contributed by atoms with Gasteiger partial charge in [0.15, 0.2) is 0 Å². The highest BCUT2D eigenvalue weighted by molar-refractivity contribution is 9.09. The van der Waals surface area contributed by atoms with Gasteiger partial charge in [-0.3, -0.25) is 14.9 Å². The summed E-state index contributed by atoms with van der Waals surface area (Å²) in [5, 5.41) is 14.9. The van der Waals surface area contributed by atoms with Crippen LogP contribution in [0.15, 0.2) is 18.2 Å². The Bertz CT molecular complexity index is 554. The fraction of sp³-hybridized carbons (Fsp3) is 0.533. The molecule has 1 fully saturated rings. The molecule has 0 radical (unpaired) electrons. The van der Waals surface area contributed by atoms with Crippen LogP contribution in [0.4, 0.5) is 5.69 Å². The summed E-state index contributed by atoms with van der Waals surface area (Å²) < 4.78 is 0. The van der Waals surface area contributed by atoms with Gasteiger partial charge in [0.25, 0.3) is 11.6 Å². The van der Waals surface area contributed by atoms with Gasteiger partial charge >= 0.3 is 0 Å². The van der Waals surface area contributed by atoms with Crippen LogP contribution in [0.3, 0.4) is 0 Å². The minimum atomic E-state index is -0.480. The molecule has 1 N–H and O–H groups in total. The summed E-state index contributed by atoms with van der Waals surface area (Å²) in [6.45, 7) is 1.65.